The van der Waals surface area contributed by atoms with Crippen molar-refractivity contribution in [3.05, 3.63) is 84.4 Å². The van der Waals surface area contributed by atoms with Gasteiger partial charge >= 0.3 is 6.03 Å². The fourth-order valence-electron chi connectivity index (χ4n) is 5.90. The smallest absolute Gasteiger partial charge is 0.319 e. The van der Waals surface area contributed by atoms with E-state index in [2.05, 4.69) is 25.9 Å². The zero-order chi connectivity index (χ0) is 41.3. The summed E-state index contributed by atoms with van der Waals surface area (Å²) in [5, 5.41) is 8.04. The van der Waals surface area contributed by atoms with Gasteiger partial charge in [-0.15, -0.1) is 0 Å². The lowest BCUT2D eigenvalue weighted by atomic mass is 9.79. The van der Waals surface area contributed by atoms with Crippen molar-refractivity contribution in [2.24, 2.45) is 38.8 Å². The second-order valence-electron chi connectivity index (χ2n) is 13.5. The third kappa shape index (κ3) is 16.4. The Morgan fingerprint density at radius 1 is 0.875 bits per heavy atom. The van der Waals surface area contributed by atoms with Gasteiger partial charge in [-0.05, 0) is 75.9 Å². The molecular formula is C39H53F4N9O3S. The molecule has 0 aromatic heterocycles. The molecule has 4 unspecified atom stereocenters. The normalized spacial score (nSPS) is 18.5. The first-order valence-electron chi connectivity index (χ1n) is 18.2. The summed E-state index contributed by atoms with van der Waals surface area (Å²) >= 11 is 1.41. The van der Waals surface area contributed by atoms with Crippen LogP contribution in [0, 0.1) is 5.92 Å². The molecule has 0 bridgehead atoms. The lowest BCUT2D eigenvalue weighted by molar-refractivity contribution is -0.123. The first kappa shape index (κ1) is 45.4. The Bertz CT molecular complexity index is 1710. The van der Waals surface area contributed by atoms with Gasteiger partial charge in [0.1, 0.15) is 11.5 Å². The molecule has 0 aliphatic heterocycles. The van der Waals surface area contributed by atoms with E-state index in [1.807, 2.05) is 36.4 Å². The van der Waals surface area contributed by atoms with Gasteiger partial charge in [-0.25, -0.2) is 27.3 Å². The molecule has 306 valence electrons. The summed E-state index contributed by atoms with van der Waals surface area (Å²) in [6, 6.07) is 20.0. The first-order chi connectivity index (χ1) is 26.4. The number of anilines is 1. The van der Waals surface area contributed by atoms with E-state index >= 15 is 0 Å². The largest absolute Gasteiger partial charge is 0.457 e. The number of carbonyl (C=O) groups excluding carboxylic acids is 2. The number of nitrogens with one attached hydrogen (secondary N) is 3. The molecule has 0 radical (unpaired) electrons. The van der Waals surface area contributed by atoms with Crippen LogP contribution in [0.15, 0.2) is 88.8 Å². The average Bonchev–Trinajstić information content (AvgIpc) is 3.11. The summed E-state index contributed by atoms with van der Waals surface area (Å²) in [7, 11) is 0. The number of aliphatic imine (C=N–C) groups is 2. The molecule has 1 aliphatic carbocycles. The van der Waals surface area contributed by atoms with E-state index in [0.29, 0.717) is 43.1 Å². The molecule has 4 atom stereocenters. The Morgan fingerprint density at radius 3 is 2.02 bits per heavy atom. The van der Waals surface area contributed by atoms with E-state index in [1.165, 1.54) is 61.2 Å². The Kier molecular flexibility index (Phi) is 17.7. The van der Waals surface area contributed by atoms with Gasteiger partial charge in [0.05, 0.1) is 11.5 Å². The number of halogens is 4. The Balaban J connectivity index is 0.00000127. The van der Waals surface area contributed by atoms with E-state index < -0.39 is 41.1 Å². The lowest BCUT2D eigenvalue weighted by Crippen LogP contribution is -2.59. The first-order valence-corrected chi connectivity index (χ1v) is 19.2. The SMILES string of the molecule is CC(N)=Nc1cc(Oc2ccc(NC(=O)NC3CC(C(C)(F)F)CC(NC(=O)CCCCN=C(N)N)C3SCCN)cc2)cc(C(C)(F)F)c1.c1ccccc1. The highest BCUT2D eigenvalue weighted by atomic mass is 32.2. The average molecular weight is 804 g/mol. The summed E-state index contributed by atoms with van der Waals surface area (Å²) in [5.74, 6) is -6.56. The van der Waals surface area contributed by atoms with E-state index in [4.69, 9.17) is 27.7 Å². The molecule has 11 N–H and O–H groups in total. The van der Waals surface area contributed by atoms with E-state index in [1.54, 1.807) is 0 Å². The van der Waals surface area contributed by atoms with Crippen molar-refractivity contribution in [1.82, 2.24) is 10.6 Å². The molecule has 1 fully saturated rings. The van der Waals surface area contributed by atoms with Gasteiger partial charge in [-0.2, -0.15) is 11.8 Å². The second-order valence-corrected chi connectivity index (χ2v) is 14.8. The van der Waals surface area contributed by atoms with Gasteiger partial charge < -0.3 is 43.6 Å². The topological polar surface area (TPSA) is 208 Å². The van der Waals surface area contributed by atoms with Crippen molar-refractivity contribution in [1.29, 1.82) is 0 Å². The maximum atomic E-state index is 14.7. The minimum atomic E-state index is -3.15. The van der Waals surface area contributed by atoms with Crippen molar-refractivity contribution >= 4 is 46.9 Å². The van der Waals surface area contributed by atoms with Crippen LogP contribution in [0.1, 0.15) is 58.4 Å². The predicted octanol–water partition coefficient (Wildman–Crippen LogP) is 6.83. The Morgan fingerprint density at radius 2 is 1.48 bits per heavy atom. The van der Waals surface area contributed by atoms with Crippen LogP contribution in [0.2, 0.25) is 0 Å². The molecule has 56 heavy (non-hydrogen) atoms. The van der Waals surface area contributed by atoms with Crippen LogP contribution < -0.4 is 43.6 Å². The number of unbranched alkanes of at least 4 members (excludes halogenated alkanes) is 1. The van der Waals surface area contributed by atoms with Crippen molar-refractivity contribution in [2.45, 2.75) is 82.1 Å². The molecule has 3 aromatic carbocycles. The van der Waals surface area contributed by atoms with Gasteiger partial charge in [-0.1, -0.05) is 36.4 Å². The van der Waals surface area contributed by atoms with Crippen LogP contribution in [-0.2, 0) is 10.7 Å². The number of rotatable bonds is 16. The summed E-state index contributed by atoms with van der Waals surface area (Å²) < 4.78 is 63.4. The van der Waals surface area contributed by atoms with Crippen molar-refractivity contribution in [2.75, 3.05) is 24.2 Å². The van der Waals surface area contributed by atoms with E-state index in [0.717, 1.165) is 13.8 Å². The van der Waals surface area contributed by atoms with Gasteiger partial charge in [0.2, 0.25) is 11.8 Å². The van der Waals surface area contributed by atoms with Gasteiger partial charge in [-0.3, -0.25) is 9.79 Å². The van der Waals surface area contributed by atoms with Crippen molar-refractivity contribution < 1.29 is 31.9 Å². The number of hydrogen-bond acceptors (Lipinski definition) is 7. The summed E-state index contributed by atoms with van der Waals surface area (Å²) in [4.78, 5) is 34.0. The Labute approximate surface area is 329 Å². The number of thioether (sulfide) groups is 1. The third-order valence-electron chi connectivity index (χ3n) is 8.50. The minimum absolute atomic E-state index is 0.0115. The zero-order valence-electron chi connectivity index (χ0n) is 31.8. The monoisotopic (exact) mass is 803 g/mol. The van der Waals surface area contributed by atoms with Gasteiger partial charge in [0.15, 0.2) is 5.96 Å². The number of nitrogens with two attached hydrogens (primary N) is 4. The van der Waals surface area contributed by atoms with Crippen LogP contribution in [0.5, 0.6) is 11.5 Å². The number of hydrogen-bond donors (Lipinski definition) is 7. The number of ether oxygens (including phenoxy) is 1. The lowest BCUT2D eigenvalue weighted by Gasteiger charge is -2.43. The maximum absolute atomic E-state index is 14.7. The molecule has 1 aliphatic rings. The third-order valence-corrected chi connectivity index (χ3v) is 10.0. The molecule has 4 rings (SSSR count). The predicted molar refractivity (Wildman–Crippen MR) is 217 cm³/mol. The molecule has 3 amide bonds. The molecule has 0 saturated heterocycles. The summed E-state index contributed by atoms with van der Waals surface area (Å²) in [6.45, 7) is 3.82. The quantitative estimate of drug-likeness (QED) is 0.0353. The molecule has 0 spiro atoms. The number of nitrogens with zero attached hydrogens (tertiary/aromatic N) is 2. The fourth-order valence-corrected chi connectivity index (χ4v) is 7.13. The van der Waals surface area contributed by atoms with Gasteiger partial charge in [0.25, 0.3) is 5.92 Å². The van der Waals surface area contributed by atoms with Crippen LogP contribution in [0.3, 0.4) is 0 Å². The number of guanidine groups is 1. The van der Waals surface area contributed by atoms with E-state index in [9.17, 15) is 27.2 Å². The van der Waals surface area contributed by atoms with E-state index in [-0.39, 0.29) is 54.0 Å². The minimum Gasteiger partial charge on any atom is -0.457 e. The maximum Gasteiger partial charge on any atom is 0.319 e. The number of amides is 3. The number of amidine groups is 1. The Hall–Kier alpha value is -5.03. The molecule has 0 heterocycles. The highest BCUT2D eigenvalue weighted by Crippen LogP contribution is 2.40. The van der Waals surface area contributed by atoms with Crippen LogP contribution >= 0.6 is 11.8 Å². The van der Waals surface area contributed by atoms with Crippen molar-refractivity contribution in [3.8, 4) is 11.5 Å². The molecule has 3 aromatic rings. The molecule has 17 heteroatoms. The van der Waals surface area contributed by atoms with Crippen molar-refractivity contribution in [3.63, 3.8) is 0 Å². The summed E-state index contributed by atoms with van der Waals surface area (Å²) in [5.41, 5.74) is 22.3. The standard InChI is InChI=1S/C33H47F4N9O3S.C6H6/c1-19(39)43-23-14-20(32(2,34)35)15-25(18-23)49-24-9-7-22(8-10-24)44-31(48)46-27-17-21(33(3,36)37)16-26(29(27)50-13-11-38)45-28(47)6-4-5-12-42-30(40)41;1-2-4-6-5-3-1/h7-10,14-15,18,21,26-27,29H,4-6,11-13,16-17,38H2,1-3H3,(H2,39,43)(H,45,47)(H4,40,41,42)(H2,44,46,48);1-6H. The molecular weight excluding hydrogens is 751 g/mol. The highest BCUT2D eigenvalue weighted by Gasteiger charge is 2.46. The number of benzene rings is 3. The fraction of sp³-hybridized carbons (Fsp3) is 0.436. The number of urea groups is 1. The second kappa shape index (κ2) is 21.9. The van der Waals surface area contributed by atoms with Crippen LogP contribution in [0.25, 0.3) is 0 Å². The highest BCUT2D eigenvalue weighted by molar-refractivity contribution is 8.00. The van der Waals surface area contributed by atoms with Gasteiger partial charge in [0, 0.05) is 72.8 Å². The zero-order valence-corrected chi connectivity index (χ0v) is 32.6. The molecule has 12 nitrogen and oxygen atoms in total. The summed E-state index contributed by atoms with van der Waals surface area (Å²) in [6.07, 6.45) is 1.26. The number of alkyl halides is 4. The number of carbonyl (C=O) groups is 2. The van der Waals surface area contributed by atoms with Crippen LogP contribution in [-0.4, -0.2) is 65.8 Å². The van der Waals surface area contributed by atoms with Crippen LogP contribution in [0.4, 0.5) is 33.7 Å². The molecule has 1 saturated carbocycles.